The lowest BCUT2D eigenvalue weighted by Gasteiger charge is -2.18. The van der Waals surface area contributed by atoms with Crippen molar-refractivity contribution in [1.82, 2.24) is 19.8 Å². The number of nitrogens with one attached hydrogen (secondary N) is 1. The smallest absolute Gasteiger partial charge is 0.240 e. The third-order valence-electron chi connectivity index (χ3n) is 5.43. The van der Waals surface area contributed by atoms with Crippen LogP contribution in [0.25, 0.3) is 0 Å². The number of carbonyl (C=O) groups is 1. The van der Waals surface area contributed by atoms with Crippen LogP contribution in [0, 0.1) is 17.1 Å². The summed E-state index contributed by atoms with van der Waals surface area (Å²) in [6.45, 7) is 1.89. The van der Waals surface area contributed by atoms with Crippen LogP contribution in [0.2, 0.25) is 5.02 Å². The molecule has 1 atom stereocenters. The van der Waals surface area contributed by atoms with Gasteiger partial charge in [-0.05, 0) is 42.3 Å². The lowest BCUT2D eigenvalue weighted by Crippen LogP contribution is -2.38. The minimum Gasteiger partial charge on any atom is -0.337 e. The minimum absolute atomic E-state index is 0.0440. The van der Waals surface area contributed by atoms with Gasteiger partial charge in [-0.25, -0.2) is 9.37 Å². The van der Waals surface area contributed by atoms with E-state index < -0.39 is 0 Å². The van der Waals surface area contributed by atoms with Crippen LogP contribution in [0.1, 0.15) is 28.8 Å². The van der Waals surface area contributed by atoms with Crippen LogP contribution in [0.4, 0.5) is 4.39 Å². The summed E-state index contributed by atoms with van der Waals surface area (Å²) in [5.41, 5.74) is 3.06. The van der Waals surface area contributed by atoms with Gasteiger partial charge >= 0.3 is 0 Å². The second kappa shape index (κ2) is 9.29. The van der Waals surface area contributed by atoms with Crippen LogP contribution in [0.15, 0.2) is 55.0 Å². The molecule has 31 heavy (non-hydrogen) atoms. The van der Waals surface area contributed by atoms with E-state index in [0.29, 0.717) is 42.2 Å². The highest BCUT2D eigenvalue weighted by molar-refractivity contribution is 6.30. The van der Waals surface area contributed by atoms with Crippen LogP contribution in [-0.2, 0) is 24.4 Å². The summed E-state index contributed by atoms with van der Waals surface area (Å²) in [5.74, 6) is -0.405. The van der Waals surface area contributed by atoms with Crippen molar-refractivity contribution in [3.05, 3.63) is 88.2 Å². The van der Waals surface area contributed by atoms with E-state index in [1.54, 1.807) is 35.6 Å². The highest BCUT2D eigenvalue weighted by Gasteiger charge is 2.31. The van der Waals surface area contributed by atoms with E-state index in [1.165, 1.54) is 12.1 Å². The van der Waals surface area contributed by atoms with Gasteiger partial charge in [-0.1, -0.05) is 23.7 Å². The second-order valence-electron chi connectivity index (χ2n) is 7.54. The summed E-state index contributed by atoms with van der Waals surface area (Å²) in [7, 11) is 0. The Balaban J connectivity index is 1.35. The molecule has 3 aromatic rings. The Morgan fingerprint density at radius 3 is 2.81 bits per heavy atom. The average molecular weight is 438 g/mol. The molecule has 2 aromatic carbocycles. The first-order valence-electron chi connectivity index (χ1n) is 9.97. The first kappa shape index (κ1) is 21.0. The highest BCUT2D eigenvalue weighted by Crippen LogP contribution is 2.20. The van der Waals surface area contributed by atoms with E-state index in [-0.39, 0.29) is 24.3 Å². The number of aromatic nitrogens is 2. The zero-order valence-corrected chi connectivity index (χ0v) is 17.5. The Kier molecular flexibility index (Phi) is 6.31. The number of rotatable bonds is 7. The van der Waals surface area contributed by atoms with Gasteiger partial charge < -0.3 is 14.8 Å². The number of nitrogens with zero attached hydrogens (tertiary/aromatic N) is 4. The fourth-order valence-corrected chi connectivity index (χ4v) is 3.90. The summed E-state index contributed by atoms with van der Waals surface area (Å²) < 4.78 is 16.0. The second-order valence-corrected chi connectivity index (χ2v) is 7.98. The predicted molar refractivity (Wildman–Crippen MR) is 115 cm³/mol. The number of carbonyl (C=O) groups excluding carboxylic acids is 1. The summed E-state index contributed by atoms with van der Waals surface area (Å²) in [6, 6.07) is 13.6. The van der Waals surface area contributed by atoms with Crippen LogP contribution >= 0.6 is 11.6 Å². The van der Waals surface area contributed by atoms with E-state index in [9.17, 15) is 9.18 Å². The molecule has 0 spiro atoms. The molecule has 1 aliphatic heterocycles. The van der Waals surface area contributed by atoms with Gasteiger partial charge in [0.15, 0.2) is 0 Å². The zero-order chi connectivity index (χ0) is 21.8. The monoisotopic (exact) mass is 437 g/mol. The van der Waals surface area contributed by atoms with Gasteiger partial charge in [0.2, 0.25) is 5.91 Å². The van der Waals surface area contributed by atoms with Crippen molar-refractivity contribution in [2.45, 2.75) is 32.1 Å². The van der Waals surface area contributed by atoms with E-state index in [1.807, 2.05) is 16.7 Å². The van der Waals surface area contributed by atoms with Gasteiger partial charge in [0, 0.05) is 43.0 Å². The quantitative estimate of drug-likeness (QED) is 0.614. The number of nitriles is 1. The molecule has 0 bridgehead atoms. The van der Waals surface area contributed by atoms with Crippen molar-refractivity contribution >= 4 is 17.5 Å². The Morgan fingerprint density at radius 2 is 2.03 bits per heavy atom. The average Bonchev–Trinajstić information content (AvgIpc) is 3.36. The van der Waals surface area contributed by atoms with E-state index in [2.05, 4.69) is 16.4 Å². The Hall–Kier alpha value is -3.21. The molecule has 158 valence electrons. The largest absolute Gasteiger partial charge is 0.337 e. The third kappa shape index (κ3) is 4.93. The molecule has 0 radical (unpaired) electrons. The van der Waals surface area contributed by atoms with E-state index in [0.717, 1.165) is 11.3 Å². The molecule has 8 heteroatoms. The number of likely N-dealkylation sites (tertiary alicyclic amines) is 1. The fraction of sp³-hybridized carbons (Fsp3) is 0.261. The molecule has 0 unspecified atom stereocenters. The molecule has 1 aromatic heterocycles. The number of hydrogen-bond acceptors (Lipinski definition) is 4. The number of hydrogen-bond donors (Lipinski definition) is 1. The molecule has 0 aliphatic carbocycles. The highest BCUT2D eigenvalue weighted by atomic mass is 35.5. The summed E-state index contributed by atoms with van der Waals surface area (Å²) in [6.07, 6.45) is 4.18. The maximum Gasteiger partial charge on any atom is 0.240 e. The van der Waals surface area contributed by atoms with Crippen molar-refractivity contribution in [1.29, 1.82) is 5.26 Å². The van der Waals surface area contributed by atoms with E-state index >= 15 is 0 Å². The molecular formula is C23H21ClFN5O. The molecule has 0 saturated carbocycles. The summed E-state index contributed by atoms with van der Waals surface area (Å²) in [5, 5.41) is 12.7. The lowest BCUT2D eigenvalue weighted by molar-refractivity contribution is -0.130. The summed E-state index contributed by atoms with van der Waals surface area (Å²) in [4.78, 5) is 18.6. The van der Waals surface area contributed by atoms with Crippen molar-refractivity contribution in [3.8, 4) is 6.07 Å². The van der Waals surface area contributed by atoms with Crippen molar-refractivity contribution < 1.29 is 9.18 Å². The van der Waals surface area contributed by atoms with Gasteiger partial charge in [0.1, 0.15) is 5.82 Å². The maximum absolute atomic E-state index is 14.0. The number of amides is 1. The molecule has 1 N–H and O–H groups in total. The number of halogens is 2. The Morgan fingerprint density at radius 1 is 1.23 bits per heavy atom. The molecule has 1 fully saturated rings. The zero-order valence-electron chi connectivity index (χ0n) is 16.8. The van der Waals surface area contributed by atoms with Gasteiger partial charge in [-0.15, -0.1) is 0 Å². The summed E-state index contributed by atoms with van der Waals surface area (Å²) >= 11 is 5.96. The molecular weight excluding hydrogens is 417 g/mol. The van der Waals surface area contributed by atoms with Crippen molar-refractivity contribution in [3.63, 3.8) is 0 Å². The van der Waals surface area contributed by atoms with Gasteiger partial charge in [-0.2, -0.15) is 5.26 Å². The lowest BCUT2D eigenvalue weighted by atomic mass is 10.1. The fourth-order valence-electron chi connectivity index (χ4n) is 3.70. The molecule has 1 amide bonds. The first-order chi connectivity index (χ1) is 15.0. The van der Waals surface area contributed by atoms with Crippen molar-refractivity contribution in [2.75, 3.05) is 6.54 Å². The number of imidazole rings is 1. The molecule has 4 rings (SSSR count). The van der Waals surface area contributed by atoms with Gasteiger partial charge in [0.25, 0.3) is 0 Å². The Bertz CT molecular complexity index is 1120. The van der Waals surface area contributed by atoms with Crippen LogP contribution in [-0.4, -0.2) is 32.9 Å². The van der Waals surface area contributed by atoms with Crippen LogP contribution in [0.3, 0.4) is 0 Å². The van der Waals surface area contributed by atoms with Crippen LogP contribution < -0.4 is 5.32 Å². The minimum atomic E-state index is -0.361. The maximum atomic E-state index is 14.0. The SMILES string of the molecule is N#Cc1ccc(Cn2cncc2CN[C@H]2CCN(Cc3cc(Cl)ccc3F)C2=O)cc1. The molecule has 6 nitrogen and oxygen atoms in total. The third-order valence-corrected chi connectivity index (χ3v) is 5.67. The number of benzene rings is 2. The van der Waals surface area contributed by atoms with Crippen molar-refractivity contribution in [2.24, 2.45) is 0 Å². The first-order valence-corrected chi connectivity index (χ1v) is 10.4. The molecule has 1 aliphatic rings. The predicted octanol–water partition coefficient (Wildman–Crippen LogP) is 3.49. The standard InChI is InChI=1S/C23H21ClFN5O/c24-19-5-6-21(25)18(9-19)14-29-8-7-22(23(29)31)28-12-20-11-27-15-30(20)13-17-3-1-16(10-26)2-4-17/h1-6,9,11,15,22,28H,7-8,12-14H2/t22-/m0/s1. The van der Waals surface area contributed by atoms with Crippen LogP contribution in [0.5, 0.6) is 0 Å². The van der Waals surface area contributed by atoms with Gasteiger partial charge in [-0.3, -0.25) is 4.79 Å². The topological polar surface area (TPSA) is 74.0 Å². The van der Waals surface area contributed by atoms with E-state index in [4.69, 9.17) is 16.9 Å². The normalized spacial score (nSPS) is 16.0. The Labute approximate surface area is 184 Å². The molecule has 1 saturated heterocycles. The van der Waals surface area contributed by atoms with Gasteiger partial charge in [0.05, 0.1) is 29.7 Å². The molecule has 2 heterocycles.